The molecular formula is C33H6F12O16. The second-order valence-corrected chi connectivity index (χ2v) is 11.1. The van der Waals surface area contributed by atoms with E-state index in [1.54, 1.807) is 0 Å². The summed E-state index contributed by atoms with van der Waals surface area (Å²) in [5.41, 5.74) is -31.5. The Morgan fingerprint density at radius 1 is 0.262 bits per heavy atom. The van der Waals surface area contributed by atoms with Crippen molar-refractivity contribution in [3.05, 3.63) is 125 Å². The van der Waals surface area contributed by atoms with E-state index in [0.717, 1.165) is 0 Å². The fraction of sp³-hybridized carbons (Fsp3) is 0. The third-order valence-electron chi connectivity index (χ3n) is 7.86. The number of benzene rings is 4. The van der Waals surface area contributed by atoms with Crippen LogP contribution >= 0.6 is 0 Å². The second-order valence-electron chi connectivity index (χ2n) is 11.1. The number of halogens is 12. The minimum atomic E-state index is -3.25. The van der Waals surface area contributed by atoms with E-state index < -0.39 is 190 Å². The van der Waals surface area contributed by atoms with Crippen LogP contribution in [0.4, 0.5) is 52.7 Å². The smallest absolute Gasteiger partial charge is 0.350 e. The Balaban J connectivity index is 1.97. The van der Waals surface area contributed by atoms with Crippen LogP contribution in [0.25, 0.3) is 11.1 Å². The van der Waals surface area contributed by atoms with Crippen LogP contribution in [0, 0.1) is 69.8 Å². The zero-order chi connectivity index (χ0) is 46.8. The molecule has 28 heteroatoms. The minimum Gasteiger partial charge on any atom is -0.478 e. The molecule has 0 fully saturated rings. The van der Waals surface area contributed by atoms with Gasteiger partial charge >= 0.3 is 47.8 Å². The summed E-state index contributed by atoms with van der Waals surface area (Å²) >= 11 is 0. The van der Waals surface area contributed by atoms with Crippen molar-refractivity contribution in [1.82, 2.24) is 0 Å². The Labute approximate surface area is 321 Å². The number of carboxylic acid groups (broad SMARTS) is 6. The molecule has 0 saturated heterocycles. The van der Waals surface area contributed by atoms with Crippen molar-refractivity contribution in [2.45, 2.75) is 0 Å². The summed E-state index contributed by atoms with van der Waals surface area (Å²) in [5.74, 6) is -63.3. The molecule has 318 valence electrons. The van der Waals surface area contributed by atoms with Crippen molar-refractivity contribution >= 4 is 53.5 Å². The maximum Gasteiger partial charge on any atom is 0.350 e. The predicted molar refractivity (Wildman–Crippen MR) is 159 cm³/mol. The molecule has 16 nitrogen and oxygen atoms in total. The van der Waals surface area contributed by atoms with E-state index >= 15 is 35.1 Å². The molecule has 4 aromatic carbocycles. The molecular weight excluding hydrogens is 880 g/mol. The van der Waals surface area contributed by atoms with Gasteiger partial charge in [0.1, 0.15) is 56.1 Å². The first-order valence-corrected chi connectivity index (χ1v) is 14.6. The standard InChI is InChI=1S/C33H6F12O16/c34-13-1(17(38)19(40)5(28(51)52)3(13)26(47)48)2-14(35)7(30(55)56)9(21(42)18(2)39)32(59)61-33(60)10-8(31(57)58)16(37)12(24(45)22(10)43)25(46)11-15(36)4(27(49)50)6(29(53)54)20(41)23(11)44/h(H,47,48)(H,49,50)(H,51,52)(H,53,54)(H,55,56)(H,57,58). The van der Waals surface area contributed by atoms with E-state index in [-0.39, 0.29) is 0 Å². The average molecular weight is 886 g/mol. The number of carbonyl (C=O) groups is 9. The van der Waals surface area contributed by atoms with Crippen molar-refractivity contribution in [3.63, 3.8) is 0 Å². The van der Waals surface area contributed by atoms with Crippen LogP contribution in [-0.4, -0.2) is 84.2 Å². The van der Waals surface area contributed by atoms with Crippen molar-refractivity contribution < 1.29 is 131 Å². The van der Waals surface area contributed by atoms with E-state index in [0.29, 0.717) is 0 Å². The third-order valence-corrected chi connectivity index (χ3v) is 7.86. The monoisotopic (exact) mass is 886 g/mol. The topological polar surface area (TPSA) is 284 Å². The molecule has 0 aliphatic heterocycles. The molecule has 0 bridgehead atoms. The summed E-state index contributed by atoms with van der Waals surface area (Å²) < 4.78 is 185. The molecule has 4 aromatic rings. The first-order valence-electron chi connectivity index (χ1n) is 14.6. The van der Waals surface area contributed by atoms with Crippen LogP contribution < -0.4 is 0 Å². The first-order chi connectivity index (χ1) is 28.1. The fourth-order valence-corrected chi connectivity index (χ4v) is 5.38. The van der Waals surface area contributed by atoms with Gasteiger partial charge in [-0.1, -0.05) is 0 Å². The molecule has 0 aliphatic carbocycles. The predicted octanol–water partition coefficient (Wildman–Crippen LogP) is 5.44. The zero-order valence-electron chi connectivity index (χ0n) is 27.8. The lowest BCUT2D eigenvalue weighted by Crippen LogP contribution is -2.26. The second kappa shape index (κ2) is 15.8. The zero-order valence-corrected chi connectivity index (χ0v) is 27.8. The maximum absolute atomic E-state index is 15.6. The highest BCUT2D eigenvalue weighted by molar-refractivity contribution is 6.16. The van der Waals surface area contributed by atoms with E-state index in [2.05, 4.69) is 4.74 Å². The van der Waals surface area contributed by atoms with Gasteiger partial charge in [-0.3, -0.25) is 4.79 Å². The van der Waals surface area contributed by atoms with Crippen LogP contribution in [-0.2, 0) is 4.74 Å². The largest absolute Gasteiger partial charge is 0.478 e. The molecule has 0 amide bonds. The van der Waals surface area contributed by atoms with Crippen molar-refractivity contribution in [2.75, 3.05) is 0 Å². The number of ether oxygens (including phenoxy) is 1. The number of carbonyl (C=O) groups excluding carboxylic acids is 3. The van der Waals surface area contributed by atoms with Crippen molar-refractivity contribution in [1.29, 1.82) is 0 Å². The average Bonchev–Trinajstić information content (AvgIpc) is 3.13. The van der Waals surface area contributed by atoms with E-state index in [9.17, 15) is 70.9 Å². The molecule has 0 heterocycles. The Morgan fingerprint density at radius 3 is 0.770 bits per heavy atom. The summed E-state index contributed by atoms with van der Waals surface area (Å²) in [7, 11) is 0. The van der Waals surface area contributed by atoms with Gasteiger partial charge in [0.2, 0.25) is 5.78 Å². The molecule has 0 saturated carbocycles. The summed E-state index contributed by atoms with van der Waals surface area (Å²) in [4.78, 5) is 108. The maximum atomic E-state index is 15.6. The third kappa shape index (κ3) is 6.93. The van der Waals surface area contributed by atoms with Crippen LogP contribution in [0.1, 0.15) is 98.8 Å². The molecule has 0 aliphatic rings. The minimum absolute atomic E-state index is 2.33. The van der Waals surface area contributed by atoms with E-state index in [1.807, 2.05) is 0 Å². The van der Waals surface area contributed by atoms with E-state index in [4.69, 9.17) is 20.4 Å². The van der Waals surface area contributed by atoms with Gasteiger partial charge in [-0.05, 0) is 0 Å². The Morgan fingerprint density at radius 2 is 0.459 bits per heavy atom. The van der Waals surface area contributed by atoms with E-state index in [1.165, 1.54) is 0 Å². The molecule has 0 aromatic heterocycles. The summed E-state index contributed by atoms with van der Waals surface area (Å²) in [6, 6.07) is 0. The number of rotatable bonds is 11. The van der Waals surface area contributed by atoms with Crippen LogP contribution in [0.5, 0.6) is 0 Å². The van der Waals surface area contributed by atoms with Crippen LogP contribution in [0.3, 0.4) is 0 Å². The van der Waals surface area contributed by atoms with Crippen molar-refractivity contribution in [3.8, 4) is 11.1 Å². The Hall–Kier alpha value is -8.33. The Bertz CT molecular complexity index is 2840. The molecule has 0 atom stereocenters. The number of hydrogen-bond acceptors (Lipinski definition) is 10. The summed E-state index contributed by atoms with van der Waals surface area (Å²) in [6.07, 6.45) is 0. The lowest BCUT2D eigenvalue weighted by atomic mass is 9.92. The fourth-order valence-electron chi connectivity index (χ4n) is 5.38. The number of aromatic carboxylic acids is 6. The van der Waals surface area contributed by atoms with Gasteiger partial charge in [-0.15, -0.1) is 0 Å². The van der Waals surface area contributed by atoms with Gasteiger partial charge < -0.3 is 35.4 Å². The summed E-state index contributed by atoms with van der Waals surface area (Å²) in [5, 5.41) is 55.2. The number of hydrogen-bond donors (Lipinski definition) is 6. The van der Waals surface area contributed by atoms with Gasteiger partial charge in [0.15, 0.2) is 58.2 Å². The molecule has 61 heavy (non-hydrogen) atoms. The molecule has 6 N–H and O–H groups in total. The molecule has 0 radical (unpaired) electrons. The highest BCUT2D eigenvalue weighted by atomic mass is 19.2. The van der Waals surface area contributed by atoms with Gasteiger partial charge in [0, 0.05) is 0 Å². The molecule has 0 unspecified atom stereocenters. The van der Waals surface area contributed by atoms with Crippen LogP contribution in [0.2, 0.25) is 0 Å². The number of carboxylic acids is 6. The number of esters is 2. The van der Waals surface area contributed by atoms with Gasteiger partial charge in [-0.2, -0.15) is 0 Å². The normalized spacial score (nSPS) is 11.0. The molecule has 0 spiro atoms. The quantitative estimate of drug-likeness (QED) is 0.0359. The Kier molecular flexibility index (Phi) is 11.7. The lowest BCUT2D eigenvalue weighted by Gasteiger charge is -2.17. The lowest BCUT2D eigenvalue weighted by molar-refractivity contribution is 0.0375. The summed E-state index contributed by atoms with van der Waals surface area (Å²) in [6.45, 7) is 0. The number of ketones is 1. The SMILES string of the molecule is O=C(c1c(F)c(F)c(C(=O)O)c(C(=O)O)c1F)c1c(F)c(F)c(C(=O)OC(=O)c2c(F)c(F)c(-c3c(F)c(F)c(C(=O)O)c(C(=O)O)c3F)c(F)c2C(=O)O)c(C(=O)O)c1F. The van der Waals surface area contributed by atoms with Gasteiger partial charge in [-0.25, -0.2) is 91.0 Å². The first kappa shape index (κ1) is 45.4. The van der Waals surface area contributed by atoms with Gasteiger partial charge in [0.25, 0.3) is 0 Å². The van der Waals surface area contributed by atoms with Crippen LogP contribution in [0.15, 0.2) is 0 Å². The van der Waals surface area contributed by atoms with Gasteiger partial charge in [0.05, 0.1) is 22.3 Å². The van der Waals surface area contributed by atoms with Crippen molar-refractivity contribution in [2.24, 2.45) is 0 Å². The highest BCUT2D eigenvalue weighted by Gasteiger charge is 2.43. The molecule has 4 rings (SSSR count). The highest BCUT2D eigenvalue weighted by Crippen LogP contribution is 2.40.